The van der Waals surface area contributed by atoms with Crippen molar-refractivity contribution in [2.45, 2.75) is 25.9 Å². The van der Waals surface area contributed by atoms with Crippen molar-refractivity contribution in [1.82, 2.24) is 14.5 Å². The first-order valence-electron chi connectivity index (χ1n) is 5.91. The summed E-state index contributed by atoms with van der Waals surface area (Å²) >= 11 is 1.09. The number of amides is 1. The first-order valence-corrected chi connectivity index (χ1v) is 6.69. The Morgan fingerprint density at radius 2 is 2.21 bits per heavy atom. The van der Waals surface area contributed by atoms with E-state index in [1.165, 1.54) is 0 Å². The van der Waals surface area contributed by atoms with Gasteiger partial charge in [-0.25, -0.2) is 4.79 Å². The van der Waals surface area contributed by atoms with E-state index < -0.39 is 11.6 Å². The van der Waals surface area contributed by atoms with Crippen molar-refractivity contribution in [1.29, 1.82) is 0 Å². The Morgan fingerprint density at radius 3 is 2.79 bits per heavy atom. The smallest absolute Gasteiger partial charge is 0.329 e. The molecule has 1 amide bonds. The van der Waals surface area contributed by atoms with Gasteiger partial charge in [-0.2, -0.15) is 0 Å². The zero-order valence-corrected chi connectivity index (χ0v) is 11.6. The molecule has 0 aliphatic carbocycles. The number of carbonyl (C=O) groups is 2. The van der Waals surface area contributed by atoms with Gasteiger partial charge in [0.05, 0.1) is 18.8 Å². The Labute approximate surface area is 114 Å². The molecule has 7 nitrogen and oxygen atoms in total. The molecule has 1 N–H and O–H groups in total. The summed E-state index contributed by atoms with van der Waals surface area (Å²) in [7, 11) is 0. The zero-order chi connectivity index (χ0) is 14.0. The first kappa shape index (κ1) is 13.9. The van der Waals surface area contributed by atoms with Gasteiger partial charge < -0.3 is 14.7 Å². The average Bonchev–Trinajstić information content (AvgIpc) is 2.80. The van der Waals surface area contributed by atoms with Crippen molar-refractivity contribution < 1.29 is 19.4 Å². The van der Waals surface area contributed by atoms with Gasteiger partial charge in [0.15, 0.2) is 0 Å². The van der Waals surface area contributed by atoms with E-state index in [0.29, 0.717) is 30.1 Å². The van der Waals surface area contributed by atoms with Gasteiger partial charge in [-0.15, -0.1) is 5.10 Å². The van der Waals surface area contributed by atoms with Crippen LogP contribution in [0.1, 0.15) is 29.2 Å². The molecule has 0 spiro atoms. The predicted octanol–water partition coefficient (Wildman–Crippen LogP) is 0.416. The minimum atomic E-state index is -1.01. The van der Waals surface area contributed by atoms with Crippen molar-refractivity contribution in [2.24, 2.45) is 0 Å². The molecule has 1 aromatic rings. The summed E-state index contributed by atoms with van der Waals surface area (Å²) in [6.07, 6.45) is 0.665. The van der Waals surface area contributed by atoms with Gasteiger partial charge in [0.25, 0.3) is 5.91 Å². The predicted molar refractivity (Wildman–Crippen MR) is 67.2 cm³/mol. The number of carboxylic acid groups (broad SMARTS) is 1. The van der Waals surface area contributed by atoms with E-state index in [-0.39, 0.29) is 12.5 Å². The summed E-state index contributed by atoms with van der Waals surface area (Å²) in [5.41, 5.74) is 0.133. The average molecular weight is 285 g/mol. The fourth-order valence-electron chi connectivity index (χ4n) is 1.98. The topological polar surface area (TPSA) is 92.6 Å². The van der Waals surface area contributed by atoms with E-state index in [4.69, 9.17) is 9.84 Å². The molecule has 0 saturated carbocycles. The monoisotopic (exact) mass is 285 g/mol. The molecule has 1 fully saturated rings. The third kappa shape index (κ3) is 2.90. The molecule has 1 aliphatic rings. The highest BCUT2D eigenvalue weighted by Crippen LogP contribution is 2.27. The number of carboxylic acids is 1. The molecular weight excluding hydrogens is 270 g/mol. The summed E-state index contributed by atoms with van der Waals surface area (Å²) in [6, 6.07) is 0. The lowest BCUT2D eigenvalue weighted by Crippen LogP contribution is -2.63. The van der Waals surface area contributed by atoms with Gasteiger partial charge in [-0.1, -0.05) is 11.4 Å². The van der Waals surface area contributed by atoms with Crippen LogP contribution in [-0.2, 0) is 16.0 Å². The summed E-state index contributed by atoms with van der Waals surface area (Å²) < 4.78 is 9.05. The van der Waals surface area contributed by atoms with Crippen molar-refractivity contribution in [3.05, 3.63) is 10.6 Å². The minimum Gasteiger partial charge on any atom is -0.480 e. The van der Waals surface area contributed by atoms with Gasteiger partial charge in [-0.05, 0) is 24.9 Å². The van der Waals surface area contributed by atoms with Gasteiger partial charge in [0, 0.05) is 0 Å². The number of ether oxygens (including phenoxy) is 1. The lowest BCUT2D eigenvalue weighted by Gasteiger charge is -2.47. The van der Waals surface area contributed by atoms with Crippen LogP contribution in [0.2, 0.25) is 0 Å². The summed E-state index contributed by atoms with van der Waals surface area (Å²) in [5.74, 6) is -1.12. The number of hydrogen-bond donors (Lipinski definition) is 1. The number of likely N-dealkylation sites (tertiary alicyclic amines) is 1. The molecule has 1 aromatic heterocycles. The molecule has 1 aliphatic heterocycles. The third-order valence-electron chi connectivity index (χ3n) is 2.97. The molecule has 0 atom stereocenters. The van der Waals surface area contributed by atoms with E-state index >= 15 is 0 Å². The first-order chi connectivity index (χ1) is 8.95. The fourth-order valence-corrected chi connectivity index (χ4v) is 2.70. The molecule has 8 heteroatoms. The maximum atomic E-state index is 12.2. The van der Waals surface area contributed by atoms with Crippen LogP contribution in [0.25, 0.3) is 0 Å². The molecule has 0 aromatic carbocycles. The molecule has 2 heterocycles. The fraction of sp³-hybridized carbons (Fsp3) is 0.636. The quantitative estimate of drug-likeness (QED) is 0.842. The molecule has 2 rings (SSSR count). The van der Waals surface area contributed by atoms with E-state index in [0.717, 1.165) is 11.5 Å². The van der Waals surface area contributed by atoms with E-state index in [1.807, 2.05) is 6.92 Å². The van der Waals surface area contributed by atoms with Crippen LogP contribution in [0, 0.1) is 0 Å². The van der Waals surface area contributed by atoms with E-state index in [2.05, 4.69) is 9.59 Å². The molecule has 0 unspecified atom stereocenters. The second kappa shape index (κ2) is 5.22. The van der Waals surface area contributed by atoms with Gasteiger partial charge in [-0.3, -0.25) is 4.79 Å². The molecule has 0 bridgehead atoms. The van der Waals surface area contributed by atoms with E-state index in [1.54, 1.807) is 11.8 Å². The largest absolute Gasteiger partial charge is 0.480 e. The maximum Gasteiger partial charge on any atom is 0.329 e. The van der Waals surface area contributed by atoms with Crippen LogP contribution in [0.3, 0.4) is 0 Å². The maximum absolute atomic E-state index is 12.2. The van der Waals surface area contributed by atoms with Gasteiger partial charge >= 0.3 is 5.97 Å². The highest BCUT2D eigenvalue weighted by Gasteiger charge is 2.43. The number of aryl methyl sites for hydroxylation is 1. The van der Waals surface area contributed by atoms with Crippen LogP contribution in [0.5, 0.6) is 0 Å². The SMILES string of the molecule is CCc1nnsc1C(=O)N1CC(C)(OCC(=O)O)C1. The highest BCUT2D eigenvalue weighted by molar-refractivity contribution is 7.08. The number of nitrogens with zero attached hydrogens (tertiary/aromatic N) is 3. The van der Waals surface area contributed by atoms with Crippen molar-refractivity contribution in [2.75, 3.05) is 19.7 Å². The number of rotatable bonds is 5. The second-order valence-electron chi connectivity index (χ2n) is 4.70. The Kier molecular flexibility index (Phi) is 3.81. The molecule has 0 radical (unpaired) electrons. The number of carbonyl (C=O) groups excluding carboxylic acids is 1. The van der Waals surface area contributed by atoms with Gasteiger partial charge in [0.1, 0.15) is 17.1 Å². The lowest BCUT2D eigenvalue weighted by molar-refractivity contribution is -0.159. The Bertz CT molecular complexity index is 496. The van der Waals surface area contributed by atoms with Crippen molar-refractivity contribution >= 4 is 23.4 Å². The standard InChI is InChI=1S/C11H15N3O4S/c1-3-7-9(19-13-12-7)10(17)14-5-11(2,6-14)18-4-8(15)16/h3-6H2,1-2H3,(H,15,16). The minimum absolute atomic E-state index is 0.108. The zero-order valence-electron chi connectivity index (χ0n) is 10.8. The van der Waals surface area contributed by atoms with Crippen molar-refractivity contribution in [3.63, 3.8) is 0 Å². The highest BCUT2D eigenvalue weighted by atomic mass is 32.1. The summed E-state index contributed by atoms with van der Waals surface area (Å²) in [4.78, 5) is 24.8. The van der Waals surface area contributed by atoms with Gasteiger partial charge in [0.2, 0.25) is 0 Å². The second-order valence-corrected chi connectivity index (χ2v) is 5.45. The normalized spacial score (nSPS) is 17.1. The van der Waals surface area contributed by atoms with Crippen LogP contribution in [0.15, 0.2) is 0 Å². The number of aromatic nitrogens is 2. The summed E-state index contributed by atoms with van der Waals surface area (Å²) in [5, 5.41) is 12.5. The Balaban J connectivity index is 1.93. The summed E-state index contributed by atoms with van der Waals surface area (Å²) in [6.45, 7) is 4.15. The van der Waals surface area contributed by atoms with Crippen LogP contribution < -0.4 is 0 Å². The Hall–Kier alpha value is -1.54. The number of aliphatic carboxylic acids is 1. The van der Waals surface area contributed by atoms with E-state index in [9.17, 15) is 9.59 Å². The van der Waals surface area contributed by atoms with Crippen molar-refractivity contribution in [3.8, 4) is 0 Å². The number of hydrogen-bond acceptors (Lipinski definition) is 6. The molecule has 104 valence electrons. The molecular formula is C11H15N3O4S. The Morgan fingerprint density at radius 1 is 1.53 bits per heavy atom. The van der Waals surface area contributed by atoms with Crippen LogP contribution in [-0.4, -0.2) is 56.8 Å². The lowest BCUT2D eigenvalue weighted by atomic mass is 9.96. The molecule has 1 saturated heterocycles. The third-order valence-corrected chi connectivity index (χ3v) is 3.72. The molecule has 19 heavy (non-hydrogen) atoms. The van der Waals surface area contributed by atoms with Crippen LogP contribution >= 0.6 is 11.5 Å². The van der Waals surface area contributed by atoms with Crippen LogP contribution in [0.4, 0.5) is 0 Å².